The van der Waals surface area contributed by atoms with Crippen LogP contribution in [0, 0.1) is 0 Å². The summed E-state index contributed by atoms with van der Waals surface area (Å²) in [6.45, 7) is 5.90. The standard InChI is InChI=1S/C16H20BrNOS/c1-3-14(18-4-2)12-7-5-6-8-15(12)19-11-16-13(17)9-10-20-16/h5-10,14,18H,3-4,11H2,1-2H3. The molecule has 0 saturated carbocycles. The highest BCUT2D eigenvalue weighted by Gasteiger charge is 2.13. The van der Waals surface area contributed by atoms with Crippen molar-refractivity contribution in [1.82, 2.24) is 5.32 Å². The van der Waals surface area contributed by atoms with E-state index in [0.29, 0.717) is 12.6 Å². The van der Waals surface area contributed by atoms with Gasteiger partial charge in [-0.3, -0.25) is 0 Å². The highest BCUT2D eigenvalue weighted by atomic mass is 79.9. The van der Waals surface area contributed by atoms with E-state index in [-0.39, 0.29) is 0 Å². The van der Waals surface area contributed by atoms with Gasteiger partial charge in [0.1, 0.15) is 12.4 Å². The first-order chi connectivity index (χ1) is 9.76. The molecule has 1 aromatic carbocycles. The lowest BCUT2D eigenvalue weighted by atomic mass is 10.0. The van der Waals surface area contributed by atoms with E-state index < -0.39 is 0 Å². The lowest BCUT2D eigenvalue weighted by molar-refractivity contribution is 0.301. The van der Waals surface area contributed by atoms with Crippen molar-refractivity contribution < 1.29 is 4.74 Å². The Hall–Kier alpha value is -0.840. The fourth-order valence-electron chi connectivity index (χ4n) is 2.19. The van der Waals surface area contributed by atoms with Crippen LogP contribution >= 0.6 is 27.3 Å². The average Bonchev–Trinajstić information content (AvgIpc) is 2.88. The van der Waals surface area contributed by atoms with E-state index in [1.165, 1.54) is 10.4 Å². The van der Waals surface area contributed by atoms with Gasteiger partial charge in [-0.2, -0.15) is 0 Å². The molecule has 0 aliphatic carbocycles. The second-order valence-corrected chi connectivity index (χ2v) is 6.39. The van der Waals surface area contributed by atoms with Gasteiger partial charge < -0.3 is 10.1 Å². The van der Waals surface area contributed by atoms with Crippen molar-refractivity contribution in [1.29, 1.82) is 0 Å². The fraction of sp³-hybridized carbons (Fsp3) is 0.375. The van der Waals surface area contributed by atoms with Crippen molar-refractivity contribution in [2.24, 2.45) is 0 Å². The second-order valence-electron chi connectivity index (χ2n) is 4.54. The van der Waals surface area contributed by atoms with Crippen LogP contribution in [0.1, 0.15) is 36.8 Å². The Bertz CT molecular complexity index is 541. The first-order valence-corrected chi connectivity index (χ1v) is 8.60. The average molecular weight is 354 g/mol. The van der Waals surface area contributed by atoms with Gasteiger partial charge >= 0.3 is 0 Å². The molecule has 1 heterocycles. The van der Waals surface area contributed by atoms with Gasteiger partial charge in [-0.15, -0.1) is 11.3 Å². The first kappa shape index (κ1) is 15.5. The van der Waals surface area contributed by atoms with Crippen LogP contribution < -0.4 is 10.1 Å². The summed E-state index contributed by atoms with van der Waals surface area (Å²) in [5.41, 5.74) is 1.24. The number of benzene rings is 1. The van der Waals surface area contributed by atoms with Crippen LogP contribution in [0.25, 0.3) is 0 Å². The minimum Gasteiger partial charge on any atom is -0.488 e. The molecule has 2 nitrogen and oxygen atoms in total. The maximum atomic E-state index is 6.03. The van der Waals surface area contributed by atoms with Crippen LogP contribution in [0.15, 0.2) is 40.2 Å². The molecule has 0 radical (unpaired) electrons. The van der Waals surface area contributed by atoms with Crippen molar-refractivity contribution in [3.63, 3.8) is 0 Å². The van der Waals surface area contributed by atoms with Crippen LogP contribution in [-0.2, 0) is 6.61 Å². The minimum atomic E-state index is 0.350. The molecule has 0 aliphatic rings. The van der Waals surface area contributed by atoms with Gasteiger partial charge in [0.2, 0.25) is 0 Å². The molecular weight excluding hydrogens is 334 g/mol. The summed E-state index contributed by atoms with van der Waals surface area (Å²) in [7, 11) is 0. The summed E-state index contributed by atoms with van der Waals surface area (Å²) in [6.07, 6.45) is 1.05. The van der Waals surface area contributed by atoms with E-state index in [2.05, 4.69) is 64.7 Å². The van der Waals surface area contributed by atoms with Gasteiger partial charge in [-0.25, -0.2) is 0 Å². The summed E-state index contributed by atoms with van der Waals surface area (Å²) in [5.74, 6) is 0.973. The molecule has 0 spiro atoms. The van der Waals surface area contributed by atoms with Crippen molar-refractivity contribution in [2.75, 3.05) is 6.54 Å². The lowest BCUT2D eigenvalue weighted by Gasteiger charge is -2.20. The number of thiophene rings is 1. The highest BCUT2D eigenvalue weighted by molar-refractivity contribution is 9.10. The molecule has 1 unspecified atom stereocenters. The van der Waals surface area contributed by atoms with Crippen LogP contribution in [0.4, 0.5) is 0 Å². The van der Waals surface area contributed by atoms with Crippen LogP contribution in [0.2, 0.25) is 0 Å². The summed E-state index contributed by atoms with van der Waals surface area (Å²) in [6, 6.07) is 10.7. The number of ether oxygens (including phenoxy) is 1. The molecule has 1 aromatic heterocycles. The molecule has 20 heavy (non-hydrogen) atoms. The monoisotopic (exact) mass is 353 g/mol. The van der Waals surface area contributed by atoms with E-state index in [1.54, 1.807) is 11.3 Å². The molecule has 0 saturated heterocycles. The topological polar surface area (TPSA) is 21.3 Å². The zero-order valence-corrected chi connectivity index (χ0v) is 14.3. The predicted octanol–water partition coefficient (Wildman–Crippen LogP) is 5.15. The van der Waals surface area contributed by atoms with E-state index in [1.807, 2.05) is 6.07 Å². The number of hydrogen-bond acceptors (Lipinski definition) is 3. The molecule has 0 aliphatic heterocycles. The van der Waals surface area contributed by atoms with Gasteiger partial charge in [0.15, 0.2) is 0 Å². The summed E-state index contributed by atoms with van der Waals surface area (Å²) in [5, 5.41) is 5.58. The van der Waals surface area contributed by atoms with Gasteiger partial charge in [-0.05, 0) is 46.4 Å². The van der Waals surface area contributed by atoms with Crippen LogP contribution in [-0.4, -0.2) is 6.54 Å². The molecule has 2 rings (SSSR count). The summed E-state index contributed by atoms with van der Waals surface area (Å²) in [4.78, 5) is 1.22. The summed E-state index contributed by atoms with van der Waals surface area (Å²) < 4.78 is 7.16. The van der Waals surface area contributed by atoms with Gasteiger partial charge in [0.05, 0.1) is 4.88 Å². The third-order valence-corrected chi connectivity index (χ3v) is 5.10. The van der Waals surface area contributed by atoms with Crippen molar-refractivity contribution in [3.8, 4) is 5.75 Å². The Morgan fingerprint density at radius 3 is 2.70 bits per heavy atom. The first-order valence-electron chi connectivity index (χ1n) is 6.93. The molecule has 4 heteroatoms. The fourth-order valence-corrected chi connectivity index (χ4v) is 3.57. The molecule has 0 bridgehead atoms. The van der Waals surface area contributed by atoms with Crippen molar-refractivity contribution >= 4 is 27.3 Å². The largest absolute Gasteiger partial charge is 0.488 e. The molecule has 1 atom stereocenters. The van der Waals surface area contributed by atoms with Crippen molar-refractivity contribution in [3.05, 3.63) is 50.6 Å². The quantitative estimate of drug-likeness (QED) is 0.742. The summed E-state index contributed by atoms with van der Waals surface area (Å²) >= 11 is 5.26. The molecule has 0 fully saturated rings. The Balaban J connectivity index is 2.13. The zero-order valence-electron chi connectivity index (χ0n) is 11.9. The minimum absolute atomic E-state index is 0.350. The maximum Gasteiger partial charge on any atom is 0.124 e. The Morgan fingerprint density at radius 2 is 2.05 bits per heavy atom. The molecule has 108 valence electrons. The molecule has 1 N–H and O–H groups in total. The lowest BCUT2D eigenvalue weighted by Crippen LogP contribution is -2.20. The van der Waals surface area contributed by atoms with Gasteiger partial charge in [0.25, 0.3) is 0 Å². The smallest absolute Gasteiger partial charge is 0.124 e. The molecule has 0 amide bonds. The van der Waals surface area contributed by atoms with E-state index in [9.17, 15) is 0 Å². The molecular formula is C16H20BrNOS. The number of para-hydroxylation sites is 1. The van der Waals surface area contributed by atoms with E-state index in [4.69, 9.17) is 4.74 Å². The van der Waals surface area contributed by atoms with Gasteiger partial charge in [-0.1, -0.05) is 32.0 Å². The maximum absolute atomic E-state index is 6.03. The highest BCUT2D eigenvalue weighted by Crippen LogP contribution is 2.29. The number of rotatable bonds is 7. The van der Waals surface area contributed by atoms with Crippen LogP contribution in [0.5, 0.6) is 5.75 Å². The second kappa shape index (κ2) is 7.81. The Labute approximate surface area is 133 Å². The number of hydrogen-bond donors (Lipinski definition) is 1. The zero-order chi connectivity index (χ0) is 14.4. The Kier molecular flexibility index (Phi) is 6.07. The van der Waals surface area contributed by atoms with E-state index in [0.717, 1.165) is 23.2 Å². The number of halogens is 1. The molecule has 2 aromatic rings. The third-order valence-electron chi connectivity index (χ3n) is 3.20. The normalized spacial score (nSPS) is 12.3. The number of nitrogens with one attached hydrogen (secondary N) is 1. The van der Waals surface area contributed by atoms with Crippen LogP contribution in [0.3, 0.4) is 0 Å². The third kappa shape index (κ3) is 3.84. The SMILES string of the molecule is CCNC(CC)c1ccccc1OCc1sccc1Br. The van der Waals surface area contributed by atoms with E-state index >= 15 is 0 Å². The Morgan fingerprint density at radius 1 is 1.25 bits per heavy atom. The van der Waals surface area contributed by atoms with Gasteiger partial charge in [0, 0.05) is 16.1 Å². The van der Waals surface area contributed by atoms with Crippen molar-refractivity contribution in [2.45, 2.75) is 32.9 Å². The predicted molar refractivity (Wildman–Crippen MR) is 89.5 cm³/mol.